The van der Waals surface area contributed by atoms with E-state index in [2.05, 4.69) is 35.9 Å². The van der Waals surface area contributed by atoms with Gasteiger partial charge in [0.2, 0.25) is 10.9 Å². The molecule has 8 nitrogen and oxygen atoms in total. The highest BCUT2D eigenvalue weighted by molar-refractivity contribution is 9.10. The maximum Gasteiger partial charge on any atom is 0.282 e. The lowest BCUT2D eigenvalue weighted by atomic mass is 10.4. The van der Waals surface area contributed by atoms with Gasteiger partial charge in [0.05, 0.1) is 6.61 Å². The third-order valence-electron chi connectivity index (χ3n) is 2.29. The van der Waals surface area contributed by atoms with Crippen molar-refractivity contribution in [3.8, 4) is 5.88 Å². The molecule has 2 rings (SSSR count). The summed E-state index contributed by atoms with van der Waals surface area (Å²) in [6.07, 6.45) is 1.52. The van der Waals surface area contributed by atoms with E-state index < -0.39 is 10.0 Å². The number of rotatable bonds is 5. The molecule has 0 atom stereocenters. The summed E-state index contributed by atoms with van der Waals surface area (Å²) in [6.45, 7) is 2.16. The van der Waals surface area contributed by atoms with Gasteiger partial charge in [-0.3, -0.25) is 4.72 Å². The number of nitrogens with zero attached hydrogens (tertiary/aromatic N) is 4. The summed E-state index contributed by atoms with van der Waals surface area (Å²) in [5.74, 6) is 0.213. The number of aryl methyl sites for hydroxylation is 1. The van der Waals surface area contributed by atoms with E-state index >= 15 is 0 Å². The molecule has 0 aromatic carbocycles. The zero-order valence-electron chi connectivity index (χ0n) is 10.7. The number of hydrogen-bond acceptors (Lipinski definition) is 6. The van der Waals surface area contributed by atoms with E-state index in [1.165, 1.54) is 13.2 Å². The fourth-order valence-electron chi connectivity index (χ4n) is 1.52. The zero-order chi connectivity index (χ0) is 14.8. The molecule has 0 fully saturated rings. The summed E-state index contributed by atoms with van der Waals surface area (Å²) >= 11 is 3.06. The van der Waals surface area contributed by atoms with Crippen molar-refractivity contribution in [2.75, 3.05) is 11.3 Å². The van der Waals surface area contributed by atoms with Crippen LogP contribution >= 0.6 is 15.9 Å². The maximum absolute atomic E-state index is 12.3. The molecule has 2 aromatic heterocycles. The molecule has 0 radical (unpaired) electrons. The molecule has 2 heterocycles. The Kier molecular flexibility index (Phi) is 4.23. The first-order valence-electron chi connectivity index (χ1n) is 5.61. The van der Waals surface area contributed by atoms with Gasteiger partial charge in [0.1, 0.15) is 5.69 Å². The Balaban J connectivity index is 2.39. The van der Waals surface area contributed by atoms with Crippen LogP contribution in [0.3, 0.4) is 0 Å². The number of hydrogen-bond donors (Lipinski definition) is 1. The Hall–Kier alpha value is -1.68. The van der Waals surface area contributed by atoms with Crippen LogP contribution in [0.1, 0.15) is 6.92 Å². The molecule has 2 aromatic rings. The number of anilines is 1. The van der Waals surface area contributed by atoms with E-state index in [0.717, 1.165) is 4.68 Å². The van der Waals surface area contributed by atoms with Gasteiger partial charge in [-0.2, -0.15) is 8.42 Å². The Morgan fingerprint density at radius 1 is 1.50 bits per heavy atom. The Labute approximate surface area is 124 Å². The maximum atomic E-state index is 12.3. The number of pyridine rings is 1. The standard InChI is InChI=1S/C10H12BrN5O3S/c1-3-19-9-7(5-4-6-12-9)14-20(17,18)10-8(11)13-15-16(10)2/h4-6,14H,3H2,1-2H3. The smallest absolute Gasteiger partial charge is 0.282 e. The molecule has 0 saturated carbocycles. The highest BCUT2D eigenvalue weighted by Crippen LogP contribution is 2.26. The lowest BCUT2D eigenvalue weighted by Gasteiger charge is -2.11. The molecule has 0 aliphatic heterocycles. The molecule has 0 aliphatic carbocycles. The Morgan fingerprint density at radius 2 is 2.25 bits per heavy atom. The van der Waals surface area contributed by atoms with E-state index in [1.54, 1.807) is 19.1 Å². The van der Waals surface area contributed by atoms with Crippen LogP contribution in [-0.4, -0.2) is 35.0 Å². The third kappa shape index (κ3) is 2.90. The number of sulfonamides is 1. The van der Waals surface area contributed by atoms with Crippen molar-refractivity contribution >= 4 is 31.6 Å². The van der Waals surface area contributed by atoms with Gasteiger partial charge in [-0.15, -0.1) is 5.10 Å². The van der Waals surface area contributed by atoms with E-state index in [-0.39, 0.29) is 21.2 Å². The van der Waals surface area contributed by atoms with Crippen molar-refractivity contribution in [2.24, 2.45) is 7.05 Å². The van der Waals surface area contributed by atoms with Crippen LogP contribution in [0.5, 0.6) is 5.88 Å². The minimum Gasteiger partial charge on any atom is -0.476 e. The lowest BCUT2D eigenvalue weighted by Crippen LogP contribution is -2.18. The van der Waals surface area contributed by atoms with E-state index in [4.69, 9.17) is 4.74 Å². The van der Waals surface area contributed by atoms with Gasteiger partial charge in [-0.05, 0) is 35.0 Å². The summed E-state index contributed by atoms with van der Waals surface area (Å²) in [4.78, 5) is 3.98. The fourth-order valence-corrected chi connectivity index (χ4v) is 3.68. The average molecular weight is 362 g/mol. The van der Waals surface area contributed by atoms with Gasteiger partial charge < -0.3 is 4.74 Å². The zero-order valence-corrected chi connectivity index (χ0v) is 13.1. The third-order valence-corrected chi connectivity index (χ3v) is 4.54. The molecule has 0 saturated heterocycles. The van der Waals surface area contributed by atoms with Crippen LogP contribution in [0.15, 0.2) is 28.0 Å². The number of aromatic nitrogens is 4. The Bertz CT molecular complexity index is 696. The molecular weight excluding hydrogens is 350 g/mol. The second kappa shape index (κ2) is 5.75. The van der Waals surface area contributed by atoms with Crippen LogP contribution in [-0.2, 0) is 17.1 Å². The number of ether oxygens (including phenoxy) is 1. The highest BCUT2D eigenvalue weighted by Gasteiger charge is 2.25. The summed E-state index contributed by atoms with van der Waals surface area (Å²) in [6, 6.07) is 3.17. The summed E-state index contributed by atoms with van der Waals surface area (Å²) < 4.78 is 33.6. The van der Waals surface area contributed by atoms with Crippen LogP contribution < -0.4 is 9.46 Å². The van der Waals surface area contributed by atoms with Gasteiger partial charge in [-0.25, -0.2) is 9.67 Å². The second-order valence-electron chi connectivity index (χ2n) is 3.70. The number of halogens is 1. The first kappa shape index (κ1) is 14.7. The summed E-state index contributed by atoms with van der Waals surface area (Å²) in [5.41, 5.74) is 0.252. The Morgan fingerprint density at radius 3 is 2.85 bits per heavy atom. The molecule has 20 heavy (non-hydrogen) atoms. The van der Waals surface area contributed by atoms with Crippen LogP contribution in [0.4, 0.5) is 5.69 Å². The van der Waals surface area contributed by atoms with E-state index in [9.17, 15) is 8.42 Å². The molecule has 0 spiro atoms. The number of nitrogens with one attached hydrogen (secondary N) is 1. The first-order chi connectivity index (χ1) is 9.45. The molecule has 0 bridgehead atoms. The first-order valence-corrected chi connectivity index (χ1v) is 7.89. The average Bonchev–Trinajstić information content (AvgIpc) is 2.72. The van der Waals surface area contributed by atoms with Crippen molar-refractivity contribution in [2.45, 2.75) is 11.9 Å². The van der Waals surface area contributed by atoms with Gasteiger partial charge in [0.25, 0.3) is 10.0 Å². The summed E-state index contributed by atoms with van der Waals surface area (Å²) in [7, 11) is -2.37. The van der Waals surface area contributed by atoms with Gasteiger partial charge in [-0.1, -0.05) is 5.21 Å². The lowest BCUT2D eigenvalue weighted by molar-refractivity contribution is 0.329. The molecule has 0 unspecified atom stereocenters. The molecule has 1 N–H and O–H groups in total. The topological polar surface area (TPSA) is 99.0 Å². The van der Waals surface area contributed by atoms with Crippen LogP contribution in [0.2, 0.25) is 0 Å². The van der Waals surface area contributed by atoms with Gasteiger partial charge >= 0.3 is 0 Å². The normalized spacial score (nSPS) is 11.3. The molecule has 10 heteroatoms. The van der Waals surface area contributed by atoms with E-state index in [0.29, 0.717) is 6.61 Å². The predicted molar refractivity (Wildman–Crippen MR) is 74.9 cm³/mol. The largest absolute Gasteiger partial charge is 0.476 e. The van der Waals surface area contributed by atoms with Crippen molar-refractivity contribution in [3.05, 3.63) is 22.9 Å². The van der Waals surface area contributed by atoms with Gasteiger partial charge in [0.15, 0.2) is 4.60 Å². The molecule has 108 valence electrons. The van der Waals surface area contributed by atoms with Crippen molar-refractivity contribution in [1.29, 1.82) is 0 Å². The summed E-state index contributed by atoms with van der Waals surface area (Å²) in [5, 5.41) is 7.20. The minimum absolute atomic E-state index is 0.0798. The van der Waals surface area contributed by atoms with Crippen molar-refractivity contribution in [1.82, 2.24) is 20.0 Å². The predicted octanol–water partition coefficient (Wildman–Crippen LogP) is 1.17. The SMILES string of the molecule is CCOc1ncccc1NS(=O)(=O)c1c(Br)nnn1C. The molecular formula is C10H12BrN5O3S. The van der Waals surface area contributed by atoms with E-state index in [1.807, 2.05) is 0 Å². The van der Waals surface area contributed by atoms with Gasteiger partial charge in [0, 0.05) is 13.2 Å². The quantitative estimate of drug-likeness (QED) is 0.857. The van der Waals surface area contributed by atoms with Crippen molar-refractivity contribution < 1.29 is 13.2 Å². The van der Waals surface area contributed by atoms with Crippen molar-refractivity contribution in [3.63, 3.8) is 0 Å². The molecule has 0 amide bonds. The fraction of sp³-hybridized carbons (Fsp3) is 0.300. The van der Waals surface area contributed by atoms with Crippen LogP contribution in [0.25, 0.3) is 0 Å². The minimum atomic E-state index is -3.85. The molecule has 0 aliphatic rings. The highest BCUT2D eigenvalue weighted by atomic mass is 79.9. The van der Waals surface area contributed by atoms with Crippen LogP contribution in [0, 0.1) is 0 Å². The monoisotopic (exact) mass is 361 g/mol. The second-order valence-corrected chi connectivity index (χ2v) is 6.05.